The summed E-state index contributed by atoms with van der Waals surface area (Å²) in [6, 6.07) is 0. The molecule has 18 heteroatoms. The van der Waals surface area contributed by atoms with Crippen molar-refractivity contribution < 1.29 is 75.8 Å². The Morgan fingerprint density at radius 1 is 0.243 bits per heavy atom. The minimum absolute atomic E-state index is 0.0809. The van der Waals surface area contributed by atoms with E-state index in [1.54, 1.807) is 0 Å². The van der Waals surface area contributed by atoms with E-state index in [0.29, 0.717) is 19.3 Å². The van der Waals surface area contributed by atoms with Gasteiger partial charge in [0.05, 0.1) is 26.4 Å². The number of hydrogen-bond donors (Lipinski definition) is 4. The van der Waals surface area contributed by atoms with Gasteiger partial charge < -0.3 is 34.2 Å². The van der Waals surface area contributed by atoms with E-state index in [1.165, 1.54) is 96.3 Å². The number of unbranched alkanes of at least 4 members (excludes halogenated alkanes) is 31. The Morgan fingerprint density at radius 2 is 0.435 bits per heavy atom. The third-order valence-corrected chi connectivity index (χ3v) is 20.5. The summed E-state index contributed by atoms with van der Waals surface area (Å²) in [5, 5.41) is 20.7. The SMILES string of the molecule is CC/C=C\C/C=C\C/C=C\C/C=C\C/C=C\C/C=C\CCCCCCCCCCC(=O)OCC(COP(=O)(O)OCC(O)COP(=O)(O)OCC(O)COC(=O)CCCCCCCCCCCCCCCCCCC/C=C\C/C=C\C/C=C\C/C=C\C/C=C\CC)OC(=O)CCCCCCCC/C=C\C/C=C\C/C=C\C/C=C\CC. The molecule has 5 atom stereocenters. The molecule has 5 unspecified atom stereocenters. The smallest absolute Gasteiger partial charge is 0.463 e. The van der Waals surface area contributed by atoms with Gasteiger partial charge in [0.1, 0.15) is 25.4 Å². The number of phosphoric ester groups is 2. The molecule has 0 aliphatic heterocycles. The number of esters is 3. The zero-order chi connectivity index (χ0) is 83.6. The van der Waals surface area contributed by atoms with E-state index < -0.39 is 91.5 Å². The van der Waals surface area contributed by atoms with Gasteiger partial charge in [-0.1, -0.05) is 364 Å². The highest BCUT2D eigenvalue weighted by atomic mass is 31.2. The largest absolute Gasteiger partial charge is 0.472 e. The van der Waals surface area contributed by atoms with Gasteiger partial charge in [-0.3, -0.25) is 32.5 Å². The lowest BCUT2D eigenvalue weighted by Crippen LogP contribution is -2.30. The van der Waals surface area contributed by atoms with E-state index in [-0.39, 0.29) is 19.3 Å². The van der Waals surface area contributed by atoms with Crippen LogP contribution in [-0.4, -0.2) is 95.9 Å². The molecule has 0 spiro atoms. The molecule has 0 aliphatic carbocycles. The number of rotatable bonds is 84. The molecular weight excluding hydrogens is 1480 g/mol. The first-order chi connectivity index (χ1) is 56.2. The fourth-order valence-electron chi connectivity index (χ4n) is 11.9. The second-order valence-electron chi connectivity index (χ2n) is 29.6. The summed E-state index contributed by atoms with van der Waals surface area (Å²) in [5.41, 5.74) is 0. The number of allylic oxidation sites excluding steroid dienone is 30. The van der Waals surface area contributed by atoms with E-state index in [2.05, 4.69) is 203 Å². The Balaban J connectivity index is 4.56. The quantitative estimate of drug-likeness (QED) is 0.0146. The van der Waals surface area contributed by atoms with Crippen LogP contribution in [0.3, 0.4) is 0 Å². The van der Waals surface area contributed by atoms with Crippen molar-refractivity contribution >= 4 is 33.6 Å². The number of ether oxygens (including phenoxy) is 3. The maximum atomic E-state index is 13.0. The van der Waals surface area contributed by atoms with Gasteiger partial charge in [-0.05, 0) is 154 Å². The Bertz CT molecular complexity index is 2820. The molecule has 0 aromatic heterocycles. The molecule has 0 rings (SSSR count). The molecule has 16 nitrogen and oxygen atoms in total. The zero-order valence-electron chi connectivity index (χ0n) is 72.1. The van der Waals surface area contributed by atoms with E-state index >= 15 is 0 Å². The second-order valence-corrected chi connectivity index (χ2v) is 32.5. The van der Waals surface area contributed by atoms with Crippen LogP contribution in [0.4, 0.5) is 0 Å². The molecule has 0 bridgehead atoms. The van der Waals surface area contributed by atoms with Crippen LogP contribution >= 0.6 is 15.6 Å². The van der Waals surface area contributed by atoms with Gasteiger partial charge in [0, 0.05) is 19.3 Å². The van der Waals surface area contributed by atoms with Crippen LogP contribution in [-0.2, 0) is 55.8 Å². The molecule has 0 heterocycles. The zero-order valence-corrected chi connectivity index (χ0v) is 73.9. The van der Waals surface area contributed by atoms with Crippen LogP contribution in [0.5, 0.6) is 0 Å². The molecular formula is C97H162O16P2. The van der Waals surface area contributed by atoms with Crippen LogP contribution < -0.4 is 0 Å². The van der Waals surface area contributed by atoms with Gasteiger partial charge in [0.15, 0.2) is 6.10 Å². The predicted molar refractivity (Wildman–Crippen MR) is 481 cm³/mol. The van der Waals surface area contributed by atoms with Crippen LogP contribution in [0.1, 0.15) is 355 Å². The molecule has 0 saturated heterocycles. The molecule has 115 heavy (non-hydrogen) atoms. The fourth-order valence-corrected chi connectivity index (χ4v) is 13.5. The van der Waals surface area contributed by atoms with Crippen molar-refractivity contribution in [3.05, 3.63) is 182 Å². The Labute approximate surface area is 700 Å². The van der Waals surface area contributed by atoms with E-state index in [4.69, 9.17) is 32.3 Å². The van der Waals surface area contributed by atoms with Crippen LogP contribution in [0.25, 0.3) is 0 Å². The van der Waals surface area contributed by atoms with Crippen LogP contribution in [0.2, 0.25) is 0 Å². The van der Waals surface area contributed by atoms with Crippen molar-refractivity contribution in [3.63, 3.8) is 0 Å². The topological polar surface area (TPSA) is 231 Å². The summed E-state index contributed by atoms with van der Waals surface area (Å²) in [6.45, 7) is 2.34. The average molecular weight is 1650 g/mol. The van der Waals surface area contributed by atoms with Crippen LogP contribution in [0.15, 0.2) is 182 Å². The average Bonchev–Trinajstić information content (AvgIpc) is 0.902. The number of hydrogen-bond acceptors (Lipinski definition) is 14. The lowest BCUT2D eigenvalue weighted by atomic mass is 10.0. The maximum absolute atomic E-state index is 13.0. The minimum Gasteiger partial charge on any atom is -0.463 e. The highest BCUT2D eigenvalue weighted by Crippen LogP contribution is 2.45. The maximum Gasteiger partial charge on any atom is 0.472 e. The molecule has 0 aliphatic rings. The lowest BCUT2D eigenvalue weighted by molar-refractivity contribution is -0.161. The Kier molecular flexibility index (Phi) is 83.9. The van der Waals surface area contributed by atoms with Gasteiger partial charge in [0.25, 0.3) is 0 Å². The fraction of sp³-hybridized carbons (Fsp3) is 0.660. The molecule has 4 N–H and O–H groups in total. The summed E-state index contributed by atoms with van der Waals surface area (Å²) in [4.78, 5) is 58.9. The Hall–Kier alpha value is -5.35. The van der Waals surface area contributed by atoms with E-state index in [1.807, 2.05) is 0 Å². The molecule has 656 valence electrons. The standard InChI is InChI=1S/C97H162O16P2/c1-4-7-10-13-16-19-22-25-28-31-34-36-38-40-42-43-44-45-46-47-49-51-52-54-57-59-62-65-68-71-74-77-80-83-95(100)107-86-92(98)87-109-114(103,104)110-88-93(99)89-111-115(105,106)112-91-94(113-97(102)85-82-79-76-73-70-67-64-61-56-33-30-27-24-21-18-15-12-9-6-3)90-108-96(101)84-81-78-75-72-69-66-63-60-58-55-53-50-48-41-39-37-35-32-29-26-23-20-17-14-11-8-5-2/h7-12,16-21,25-30,34-37,40-42,48,53,55-56,61,92-94,98-99H,4-6,13-15,22-24,31-33,38-39,43-47,49-52,54,57-60,62-91H2,1-3H3,(H,103,104)(H,105,106)/b10-7-,11-8-,12-9-,19-16-,20-17-,21-18-,28-25-,29-26-,30-27-,36-34-,37-35-,42-40-,48-41-,55-53-,61-56-. The van der Waals surface area contributed by atoms with Crippen molar-refractivity contribution in [2.45, 2.75) is 373 Å². The first-order valence-electron chi connectivity index (χ1n) is 45.1. The molecule has 0 saturated carbocycles. The van der Waals surface area contributed by atoms with Crippen molar-refractivity contribution in [1.29, 1.82) is 0 Å². The molecule has 0 aromatic carbocycles. The number of carbonyl (C=O) groups is 3. The second kappa shape index (κ2) is 87.9. The van der Waals surface area contributed by atoms with Crippen molar-refractivity contribution in [3.8, 4) is 0 Å². The highest BCUT2D eigenvalue weighted by Gasteiger charge is 2.29. The van der Waals surface area contributed by atoms with E-state index in [9.17, 15) is 43.5 Å². The first-order valence-corrected chi connectivity index (χ1v) is 48.1. The van der Waals surface area contributed by atoms with Gasteiger partial charge in [-0.15, -0.1) is 0 Å². The summed E-state index contributed by atoms with van der Waals surface area (Å²) in [6.07, 6.45) is 115. The van der Waals surface area contributed by atoms with Gasteiger partial charge in [0.2, 0.25) is 0 Å². The lowest BCUT2D eigenvalue weighted by Gasteiger charge is -2.21. The molecule has 0 fully saturated rings. The number of phosphoric acid groups is 2. The van der Waals surface area contributed by atoms with Gasteiger partial charge in [-0.2, -0.15) is 0 Å². The third-order valence-electron chi connectivity index (χ3n) is 18.6. The summed E-state index contributed by atoms with van der Waals surface area (Å²) >= 11 is 0. The Morgan fingerprint density at radius 3 is 0.687 bits per heavy atom. The number of aliphatic hydroxyl groups is 2. The third kappa shape index (κ3) is 89.3. The predicted octanol–water partition coefficient (Wildman–Crippen LogP) is 27.7. The first kappa shape index (κ1) is 110. The van der Waals surface area contributed by atoms with Crippen molar-refractivity contribution in [2.24, 2.45) is 0 Å². The monoisotopic (exact) mass is 1650 g/mol. The highest BCUT2D eigenvalue weighted by molar-refractivity contribution is 7.47. The molecule has 0 aromatic rings. The molecule has 0 radical (unpaired) electrons. The normalized spacial score (nSPS) is 14.7. The molecule has 0 amide bonds. The van der Waals surface area contributed by atoms with Gasteiger partial charge in [-0.25, -0.2) is 9.13 Å². The summed E-state index contributed by atoms with van der Waals surface area (Å²) < 4.78 is 61.4. The van der Waals surface area contributed by atoms with Crippen LogP contribution in [0, 0.1) is 0 Å². The van der Waals surface area contributed by atoms with Crippen molar-refractivity contribution in [2.75, 3.05) is 39.6 Å². The minimum atomic E-state index is -4.95. The van der Waals surface area contributed by atoms with E-state index in [0.717, 1.165) is 199 Å². The number of aliphatic hydroxyl groups excluding tert-OH is 2. The van der Waals surface area contributed by atoms with Crippen molar-refractivity contribution in [1.82, 2.24) is 0 Å². The summed E-state index contributed by atoms with van der Waals surface area (Å²) in [5.74, 6) is -1.60. The number of carbonyl (C=O) groups excluding carboxylic acids is 3. The summed E-state index contributed by atoms with van der Waals surface area (Å²) in [7, 11) is -9.82. The van der Waals surface area contributed by atoms with Gasteiger partial charge >= 0.3 is 33.6 Å².